The number of hydrogen-bond donors (Lipinski definition) is 1. The lowest BCUT2D eigenvalue weighted by Gasteiger charge is -2.08. The van der Waals surface area contributed by atoms with Gasteiger partial charge in [0.25, 0.3) is 5.89 Å². The Labute approximate surface area is 103 Å². The molecule has 0 amide bonds. The van der Waals surface area contributed by atoms with Gasteiger partial charge in [0.2, 0.25) is 5.82 Å². The van der Waals surface area contributed by atoms with Crippen molar-refractivity contribution in [2.75, 3.05) is 7.11 Å². The van der Waals surface area contributed by atoms with Crippen LogP contribution in [0.4, 0.5) is 0 Å². The number of aromatic hydroxyl groups is 1. The van der Waals surface area contributed by atoms with Crippen molar-refractivity contribution < 1.29 is 14.4 Å². The fourth-order valence-corrected chi connectivity index (χ4v) is 2.24. The first kappa shape index (κ1) is 12.1. The molecule has 0 saturated heterocycles. The van der Waals surface area contributed by atoms with Gasteiger partial charge in [-0.1, -0.05) is 18.5 Å². The lowest BCUT2D eigenvalue weighted by molar-refractivity contribution is 0.0854. The Morgan fingerprint density at radius 1 is 1.59 bits per heavy atom. The number of rotatable bonds is 5. The molecule has 0 aliphatic rings. The first-order valence-corrected chi connectivity index (χ1v) is 6.27. The van der Waals surface area contributed by atoms with Gasteiger partial charge in [-0.3, -0.25) is 0 Å². The van der Waals surface area contributed by atoms with Gasteiger partial charge < -0.3 is 14.4 Å². The van der Waals surface area contributed by atoms with E-state index in [-0.39, 0.29) is 11.9 Å². The second-order valence-electron chi connectivity index (χ2n) is 3.61. The molecule has 2 aromatic rings. The van der Waals surface area contributed by atoms with Gasteiger partial charge in [-0.25, -0.2) is 0 Å². The molecule has 1 unspecified atom stereocenters. The van der Waals surface area contributed by atoms with Crippen molar-refractivity contribution in [3.05, 3.63) is 17.3 Å². The number of nitrogens with zero attached hydrogens (tertiary/aromatic N) is 2. The van der Waals surface area contributed by atoms with Gasteiger partial charge in [0, 0.05) is 7.11 Å². The van der Waals surface area contributed by atoms with Crippen molar-refractivity contribution in [2.45, 2.75) is 25.9 Å². The Morgan fingerprint density at radius 2 is 2.41 bits per heavy atom. The monoisotopic (exact) mass is 254 g/mol. The van der Waals surface area contributed by atoms with E-state index >= 15 is 0 Å². The Kier molecular flexibility index (Phi) is 3.75. The van der Waals surface area contributed by atoms with E-state index < -0.39 is 0 Å². The number of aromatic nitrogens is 2. The molecule has 1 atom stereocenters. The zero-order chi connectivity index (χ0) is 12.3. The van der Waals surface area contributed by atoms with E-state index in [9.17, 15) is 5.11 Å². The van der Waals surface area contributed by atoms with Crippen LogP contribution in [0.15, 0.2) is 16.0 Å². The fourth-order valence-electron chi connectivity index (χ4n) is 1.53. The maximum absolute atomic E-state index is 9.56. The van der Waals surface area contributed by atoms with E-state index in [0.717, 1.165) is 12.8 Å². The Hall–Kier alpha value is -1.40. The molecular formula is C11H14N2O3S. The zero-order valence-corrected chi connectivity index (χ0v) is 10.5. The maximum atomic E-state index is 9.56. The molecule has 0 bridgehead atoms. The van der Waals surface area contributed by atoms with E-state index in [1.807, 2.05) is 0 Å². The fraction of sp³-hybridized carbons (Fsp3) is 0.455. The van der Waals surface area contributed by atoms with Gasteiger partial charge in [-0.15, -0.1) is 11.3 Å². The molecule has 2 rings (SSSR count). The SMILES string of the molecule is CCCC(OC)c1noc(-c2sccc2O)n1. The van der Waals surface area contributed by atoms with Gasteiger partial charge in [0.05, 0.1) is 0 Å². The number of thiophene rings is 1. The third-order valence-corrected chi connectivity index (χ3v) is 3.30. The predicted molar refractivity (Wildman–Crippen MR) is 63.9 cm³/mol. The van der Waals surface area contributed by atoms with E-state index in [1.54, 1.807) is 18.6 Å². The summed E-state index contributed by atoms with van der Waals surface area (Å²) in [6.45, 7) is 2.07. The van der Waals surface area contributed by atoms with Gasteiger partial charge in [-0.05, 0) is 17.9 Å². The van der Waals surface area contributed by atoms with Crippen LogP contribution in [0.25, 0.3) is 10.8 Å². The molecule has 0 saturated carbocycles. The van der Waals surface area contributed by atoms with Gasteiger partial charge in [0.1, 0.15) is 16.7 Å². The molecular weight excluding hydrogens is 240 g/mol. The van der Waals surface area contributed by atoms with Crippen LogP contribution in [0.2, 0.25) is 0 Å². The van der Waals surface area contributed by atoms with Crippen molar-refractivity contribution in [1.29, 1.82) is 0 Å². The van der Waals surface area contributed by atoms with E-state index in [2.05, 4.69) is 17.1 Å². The summed E-state index contributed by atoms with van der Waals surface area (Å²) in [6.07, 6.45) is 1.66. The average molecular weight is 254 g/mol. The van der Waals surface area contributed by atoms with Crippen molar-refractivity contribution in [1.82, 2.24) is 10.1 Å². The summed E-state index contributed by atoms with van der Waals surface area (Å²) in [6, 6.07) is 1.60. The van der Waals surface area contributed by atoms with E-state index in [4.69, 9.17) is 9.26 Å². The molecule has 0 radical (unpaired) electrons. The van der Waals surface area contributed by atoms with Crippen molar-refractivity contribution in [3.63, 3.8) is 0 Å². The third-order valence-electron chi connectivity index (χ3n) is 2.40. The first-order valence-electron chi connectivity index (χ1n) is 5.39. The van der Waals surface area contributed by atoms with Gasteiger partial charge >= 0.3 is 0 Å². The maximum Gasteiger partial charge on any atom is 0.271 e. The highest BCUT2D eigenvalue weighted by Gasteiger charge is 2.19. The molecule has 6 heteroatoms. The number of methoxy groups -OCH3 is 1. The Balaban J connectivity index is 2.24. The standard InChI is InChI=1S/C11H14N2O3S/c1-3-4-8(15-2)10-12-11(16-13-10)9-7(14)5-6-17-9/h5-6,8,14H,3-4H2,1-2H3. The first-order chi connectivity index (χ1) is 8.26. The molecule has 92 valence electrons. The lowest BCUT2D eigenvalue weighted by atomic mass is 10.2. The van der Waals surface area contributed by atoms with Gasteiger partial charge in [-0.2, -0.15) is 4.98 Å². The van der Waals surface area contributed by atoms with Crippen LogP contribution in [0.5, 0.6) is 5.75 Å². The Bertz CT molecular complexity index is 481. The molecule has 0 aliphatic carbocycles. The van der Waals surface area contributed by atoms with Crippen molar-refractivity contribution >= 4 is 11.3 Å². The summed E-state index contributed by atoms with van der Waals surface area (Å²) in [5.74, 6) is 1.03. The van der Waals surface area contributed by atoms with Crippen LogP contribution < -0.4 is 0 Å². The van der Waals surface area contributed by atoms with Crippen LogP contribution in [0, 0.1) is 0 Å². The number of hydrogen-bond acceptors (Lipinski definition) is 6. The molecule has 5 nitrogen and oxygen atoms in total. The molecule has 1 N–H and O–H groups in total. The summed E-state index contributed by atoms with van der Waals surface area (Å²) in [7, 11) is 1.62. The smallest absolute Gasteiger partial charge is 0.271 e. The van der Waals surface area contributed by atoms with E-state index in [0.29, 0.717) is 16.6 Å². The molecule has 0 aromatic carbocycles. The third kappa shape index (κ3) is 2.48. The summed E-state index contributed by atoms with van der Waals surface area (Å²) < 4.78 is 10.4. The molecule has 2 aromatic heterocycles. The highest BCUT2D eigenvalue weighted by atomic mass is 32.1. The normalized spacial score (nSPS) is 12.8. The largest absolute Gasteiger partial charge is 0.506 e. The van der Waals surface area contributed by atoms with Crippen LogP contribution in [0.3, 0.4) is 0 Å². The average Bonchev–Trinajstić information content (AvgIpc) is 2.94. The van der Waals surface area contributed by atoms with Crippen LogP contribution in [0.1, 0.15) is 31.7 Å². The summed E-state index contributed by atoms with van der Waals surface area (Å²) in [5, 5.41) is 15.2. The van der Waals surface area contributed by atoms with Crippen LogP contribution >= 0.6 is 11.3 Å². The topological polar surface area (TPSA) is 68.4 Å². The summed E-state index contributed by atoms with van der Waals surface area (Å²) in [5.41, 5.74) is 0. The molecule has 0 spiro atoms. The zero-order valence-electron chi connectivity index (χ0n) is 9.71. The van der Waals surface area contributed by atoms with Gasteiger partial charge in [0.15, 0.2) is 0 Å². The van der Waals surface area contributed by atoms with Crippen LogP contribution in [-0.4, -0.2) is 22.4 Å². The van der Waals surface area contributed by atoms with Crippen molar-refractivity contribution in [2.24, 2.45) is 0 Å². The second kappa shape index (κ2) is 5.29. The quantitative estimate of drug-likeness (QED) is 0.888. The minimum Gasteiger partial charge on any atom is -0.506 e. The highest BCUT2D eigenvalue weighted by molar-refractivity contribution is 7.13. The second-order valence-corrected chi connectivity index (χ2v) is 4.52. The summed E-state index contributed by atoms with van der Waals surface area (Å²) in [4.78, 5) is 4.84. The predicted octanol–water partition coefficient (Wildman–Crippen LogP) is 2.99. The van der Waals surface area contributed by atoms with Crippen LogP contribution in [-0.2, 0) is 4.74 Å². The summed E-state index contributed by atoms with van der Waals surface area (Å²) >= 11 is 1.36. The highest BCUT2D eigenvalue weighted by Crippen LogP contribution is 2.34. The minimum atomic E-state index is -0.153. The molecule has 0 fully saturated rings. The molecule has 17 heavy (non-hydrogen) atoms. The molecule has 0 aliphatic heterocycles. The molecule has 2 heterocycles. The van der Waals surface area contributed by atoms with Crippen molar-refractivity contribution in [3.8, 4) is 16.5 Å². The minimum absolute atomic E-state index is 0.153. The Morgan fingerprint density at radius 3 is 3.00 bits per heavy atom. The lowest BCUT2D eigenvalue weighted by Crippen LogP contribution is -2.02. The van der Waals surface area contributed by atoms with E-state index in [1.165, 1.54) is 11.3 Å². The number of ether oxygens (including phenoxy) is 1.